The molecule has 0 bridgehead atoms. The molecule has 1 saturated carbocycles. The summed E-state index contributed by atoms with van der Waals surface area (Å²) < 4.78 is 1.06. The summed E-state index contributed by atoms with van der Waals surface area (Å²) in [5.74, 6) is -0.00507. The molecule has 1 amide bonds. The minimum Gasteiger partial charge on any atom is -0.350 e. The SMILES string of the molecule is NC1(C(=O)NCc2cc(Br)cs2)CCCC1. The zero-order chi connectivity index (χ0) is 11.6. The van der Waals surface area contributed by atoms with Crippen LogP contribution < -0.4 is 11.1 Å². The van der Waals surface area contributed by atoms with E-state index in [4.69, 9.17) is 5.73 Å². The maximum absolute atomic E-state index is 11.9. The van der Waals surface area contributed by atoms with E-state index in [0.29, 0.717) is 6.54 Å². The van der Waals surface area contributed by atoms with Crippen LogP contribution in [0.15, 0.2) is 15.9 Å². The molecule has 1 aromatic rings. The van der Waals surface area contributed by atoms with Crippen molar-refractivity contribution in [2.75, 3.05) is 0 Å². The van der Waals surface area contributed by atoms with Gasteiger partial charge in [0.05, 0.1) is 12.1 Å². The first kappa shape index (κ1) is 12.1. The molecule has 2 rings (SSSR count). The zero-order valence-electron chi connectivity index (χ0n) is 8.96. The van der Waals surface area contributed by atoms with Crippen molar-refractivity contribution in [3.63, 3.8) is 0 Å². The molecule has 16 heavy (non-hydrogen) atoms. The third-order valence-corrected chi connectivity index (χ3v) is 4.69. The summed E-state index contributed by atoms with van der Waals surface area (Å²) in [4.78, 5) is 13.0. The standard InChI is InChI=1S/C11H15BrN2OS/c12-8-5-9(16-7-8)6-14-10(15)11(13)3-1-2-4-11/h5,7H,1-4,6,13H2,(H,14,15). The van der Waals surface area contributed by atoms with Crippen molar-refractivity contribution in [2.24, 2.45) is 5.73 Å². The minimum atomic E-state index is -0.617. The molecule has 1 fully saturated rings. The van der Waals surface area contributed by atoms with Gasteiger partial charge in [-0.1, -0.05) is 12.8 Å². The lowest BCUT2D eigenvalue weighted by atomic mass is 9.98. The Bertz CT molecular complexity index is 385. The van der Waals surface area contributed by atoms with Gasteiger partial charge in [-0.05, 0) is 34.8 Å². The molecule has 1 heterocycles. The van der Waals surface area contributed by atoms with Crippen LogP contribution >= 0.6 is 27.3 Å². The smallest absolute Gasteiger partial charge is 0.240 e. The number of thiophene rings is 1. The maximum atomic E-state index is 11.9. The van der Waals surface area contributed by atoms with Crippen LogP contribution in [0.5, 0.6) is 0 Å². The fraction of sp³-hybridized carbons (Fsp3) is 0.545. The second-order valence-electron chi connectivity index (χ2n) is 4.28. The molecule has 0 atom stereocenters. The molecule has 88 valence electrons. The molecule has 1 aromatic heterocycles. The Hall–Kier alpha value is -0.390. The third-order valence-electron chi connectivity index (χ3n) is 2.99. The van der Waals surface area contributed by atoms with Gasteiger partial charge in [-0.15, -0.1) is 11.3 Å². The van der Waals surface area contributed by atoms with Crippen molar-refractivity contribution in [2.45, 2.75) is 37.8 Å². The van der Waals surface area contributed by atoms with Crippen LogP contribution in [-0.2, 0) is 11.3 Å². The number of hydrogen-bond donors (Lipinski definition) is 2. The lowest BCUT2D eigenvalue weighted by molar-refractivity contribution is -0.126. The second kappa shape index (κ2) is 4.85. The maximum Gasteiger partial charge on any atom is 0.240 e. The minimum absolute atomic E-state index is 0.00507. The monoisotopic (exact) mass is 302 g/mol. The summed E-state index contributed by atoms with van der Waals surface area (Å²) in [6.07, 6.45) is 3.75. The normalized spacial score (nSPS) is 18.6. The van der Waals surface area contributed by atoms with Gasteiger partial charge in [0.15, 0.2) is 0 Å². The van der Waals surface area contributed by atoms with E-state index in [1.807, 2.05) is 11.4 Å². The van der Waals surface area contributed by atoms with Crippen molar-refractivity contribution in [3.05, 3.63) is 20.8 Å². The first-order chi connectivity index (χ1) is 7.60. The fourth-order valence-corrected chi connectivity index (χ4v) is 3.41. The molecule has 1 aliphatic rings. The molecular formula is C11H15BrN2OS. The van der Waals surface area contributed by atoms with Gasteiger partial charge >= 0.3 is 0 Å². The van der Waals surface area contributed by atoms with Crippen LogP contribution in [0, 0.1) is 0 Å². The van der Waals surface area contributed by atoms with E-state index < -0.39 is 5.54 Å². The highest BCUT2D eigenvalue weighted by molar-refractivity contribution is 9.10. The molecular weight excluding hydrogens is 288 g/mol. The highest BCUT2D eigenvalue weighted by atomic mass is 79.9. The molecule has 5 heteroatoms. The molecule has 3 nitrogen and oxygen atoms in total. The Kier molecular flexibility index (Phi) is 3.66. The van der Waals surface area contributed by atoms with Gasteiger partial charge in [0.2, 0.25) is 5.91 Å². The Balaban J connectivity index is 1.88. The van der Waals surface area contributed by atoms with Gasteiger partial charge in [0, 0.05) is 14.7 Å². The summed E-state index contributed by atoms with van der Waals surface area (Å²) in [5.41, 5.74) is 5.44. The fourth-order valence-electron chi connectivity index (χ4n) is 2.02. The molecule has 0 aromatic carbocycles. The van der Waals surface area contributed by atoms with Gasteiger partial charge in [-0.2, -0.15) is 0 Å². The van der Waals surface area contributed by atoms with E-state index in [9.17, 15) is 4.79 Å². The summed E-state index contributed by atoms with van der Waals surface area (Å²) in [7, 11) is 0. The van der Waals surface area contributed by atoms with Crippen molar-refractivity contribution < 1.29 is 4.79 Å². The van der Waals surface area contributed by atoms with Crippen LogP contribution in [0.25, 0.3) is 0 Å². The largest absolute Gasteiger partial charge is 0.350 e. The predicted molar refractivity (Wildman–Crippen MR) is 69.3 cm³/mol. The first-order valence-corrected chi connectivity index (χ1v) is 7.07. The number of hydrogen-bond acceptors (Lipinski definition) is 3. The molecule has 1 aliphatic carbocycles. The lowest BCUT2D eigenvalue weighted by Gasteiger charge is -2.21. The van der Waals surface area contributed by atoms with Crippen LogP contribution in [0.3, 0.4) is 0 Å². The Labute approximate surface area is 108 Å². The number of carbonyl (C=O) groups excluding carboxylic acids is 1. The molecule has 0 saturated heterocycles. The molecule has 0 spiro atoms. The average molecular weight is 303 g/mol. The van der Waals surface area contributed by atoms with Gasteiger partial charge < -0.3 is 11.1 Å². The van der Waals surface area contributed by atoms with Gasteiger partial charge in [-0.3, -0.25) is 4.79 Å². The van der Waals surface area contributed by atoms with Crippen LogP contribution in [0.4, 0.5) is 0 Å². The van der Waals surface area contributed by atoms with Gasteiger partial charge in [0.25, 0.3) is 0 Å². The van der Waals surface area contributed by atoms with Crippen molar-refractivity contribution >= 4 is 33.2 Å². The summed E-state index contributed by atoms with van der Waals surface area (Å²) in [6, 6.07) is 2.02. The number of halogens is 1. The number of carbonyl (C=O) groups is 1. The van der Waals surface area contributed by atoms with Gasteiger partial charge in [-0.25, -0.2) is 0 Å². The van der Waals surface area contributed by atoms with Crippen LogP contribution in [-0.4, -0.2) is 11.4 Å². The molecule has 0 aliphatic heterocycles. The predicted octanol–water partition coefficient (Wildman–Crippen LogP) is 2.40. The molecule has 0 unspecified atom stereocenters. The van der Waals surface area contributed by atoms with Crippen molar-refractivity contribution in [1.82, 2.24) is 5.32 Å². The summed E-state index contributed by atoms with van der Waals surface area (Å²) >= 11 is 5.02. The van der Waals surface area contributed by atoms with Crippen molar-refractivity contribution in [3.8, 4) is 0 Å². The number of nitrogens with one attached hydrogen (secondary N) is 1. The molecule has 0 radical (unpaired) electrons. The van der Waals surface area contributed by atoms with E-state index >= 15 is 0 Å². The van der Waals surface area contributed by atoms with E-state index in [1.165, 1.54) is 0 Å². The first-order valence-electron chi connectivity index (χ1n) is 5.40. The Morgan fingerprint density at radius 2 is 2.25 bits per heavy atom. The van der Waals surface area contributed by atoms with E-state index in [0.717, 1.165) is 35.0 Å². The number of nitrogens with two attached hydrogens (primary N) is 1. The van der Waals surface area contributed by atoms with E-state index in [2.05, 4.69) is 21.2 Å². The zero-order valence-corrected chi connectivity index (χ0v) is 11.4. The molecule has 3 N–H and O–H groups in total. The highest BCUT2D eigenvalue weighted by Gasteiger charge is 2.36. The van der Waals surface area contributed by atoms with Crippen molar-refractivity contribution in [1.29, 1.82) is 0 Å². The van der Waals surface area contributed by atoms with Gasteiger partial charge in [0.1, 0.15) is 0 Å². The average Bonchev–Trinajstić information content (AvgIpc) is 2.85. The summed E-state index contributed by atoms with van der Waals surface area (Å²) in [5, 5.41) is 4.93. The van der Waals surface area contributed by atoms with E-state index in [1.54, 1.807) is 11.3 Å². The van der Waals surface area contributed by atoms with Crippen LogP contribution in [0.1, 0.15) is 30.6 Å². The number of amides is 1. The Morgan fingerprint density at radius 1 is 1.56 bits per heavy atom. The highest BCUT2D eigenvalue weighted by Crippen LogP contribution is 2.27. The lowest BCUT2D eigenvalue weighted by Crippen LogP contribution is -2.51. The quantitative estimate of drug-likeness (QED) is 0.901. The van der Waals surface area contributed by atoms with E-state index in [-0.39, 0.29) is 5.91 Å². The Morgan fingerprint density at radius 3 is 2.81 bits per heavy atom. The number of rotatable bonds is 3. The third kappa shape index (κ3) is 2.64. The summed E-state index contributed by atoms with van der Waals surface area (Å²) in [6.45, 7) is 0.577. The van der Waals surface area contributed by atoms with Crippen LogP contribution in [0.2, 0.25) is 0 Å². The topological polar surface area (TPSA) is 55.1 Å². The second-order valence-corrected chi connectivity index (χ2v) is 6.19.